The summed E-state index contributed by atoms with van der Waals surface area (Å²) in [5.41, 5.74) is 1.27. The van der Waals surface area contributed by atoms with Crippen molar-refractivity contribution in [2.45, 2.75) is 46.2 Å². The first-order valence-corrected chi connectivity index (χ1v) is 8.02. The summed E-state index contributed by atoms with van der Waals surface area (Å²) >= 11 is 0. The van der Waals surface area contributed by atoms with Crippen LogP contribution < -0.4 is 10.2 Å². The first-order chi connectivity index (χ1) is 10.0. The number of hydrogen-bond acceptors (Lipinski definition) is 5. The molecule has 1 aromatic rings. The van der Waals surface area contributed by atoms with Crippen LogP contribution in [-0.4, -0.2) is 53.1 Å². The number of nitrogens with zero attached hydrogens (tertiary/aromatic N) is 4. The molecule has 1 aliphatic rings. The van der Waals surface area contributed by atoms with Crippen LogP contribution in [-0.2, 0) is 6.54 Å². The van der Waals surface area contributed by atoms with Gasteiger partial charge in [0.2, 0.25) is 0 Å². The number of nitrogens with one attached hydrogen (secondary N) is 1. The van der Waals surface area contributed by atoms with Gasteiger partial charge in [-0.1, -0.05) is 6.92 Å². The Kier molecular flexibility index (Phi) is 5.53. The van der Waals surface area contributed by atoms with E-state index in [9.17, 15) is 0 Å². The van der Waals surface area contributed by atoms with Crippen molar-refractivity contribution in [2.24, 2.45) is 0 Å². The quantitative estimate of drug-likeness (QED) is 0.839. The highest BCUT2D eigenvalue weighted by Gasteiger charge is 2.26. The number of piperazine rings is 1. The molecule has 1 aliphatic heterocycles. The standard InChI is InChI=1S/C16H29N5/c1-5-6-17-11-14-12-19-15(13-18-14)20-7-9-21(10-8-20)16(2,3)4/h12-13,17H,5-11H2,1-4H3. The maximum absolute atomic E-state index is 4.57. The minimum Gasteiger partial charge on any atom is -0.353 e. The molecular formula is C16H29N5. The summed E-state index contributed by atoms with van der Waals surface area (Å²) < 4.78 is 0. The topological polar surface area (TPSA) is 44.3 Å². The van der Waals surface area contributed by atoms with E-state index in [2.05, 4.69) is 52.8 Å². The average Bonchev–Trinajstić information content (AvgIpc) is 2.48. The molecular weight excluding hydrogens is 262 g/mol. The number of hydrogen-bond donors (Lipinski definition) is 1. The maximum atomic E-state index is 4.57. The lowest BCUT2D eigenvalue weighted by molar-refractivity contribution is 0.128. The van der Waals surface area contributed by atoms with E-state index in [-0.39, 0.29) is 5.54 Å². The first kappa shape index (κ1) is 16.2. The van der Waals surface area contributed by atoms with Crippen LogP contribution in [0, 0.1) is 0 Å². The van der Waals surface area contributed by atoms with Gasteiger partial charge in [0.15, 0.2) is 0 Å². The molecule has 1 fully saturated rings. The van der Waals surface area contributed by atoms with E-state index in [1.807, 2.05) is 12.4 Å². The van der Waals surface area contributed by atoms with Gasteiger partial charge in [0.25, 0.3) is 0 Å². The lowest BCUT2D eigenvalue weighted by atomic mass is 10.1. The molecule has 0 atom stereocenters. The Labute approximate surface area is 128 Å². The predicted molar refractivity (Wildman–Crippen MR) is 87.6 cm³/mol. The molecule has 0 radical (unpaired) electrons. The second-order valence-electron chi connectivity index (χ2n) is 6.69. The minimum atomic E-state index is 0.257. The van der Waals surface area contributed by atoms with Gasteiger partial charge in [-0.25, -0.2) is 4.98 Å². The van der Waals surface area contributed by atoms with Crippen molar-refractivity contribution >= 4 is 5.82 Å². The zero-order chi connectivity index (χ0) is 15.3. The van der Waals surface area contributed by atoms with Crippen molar-refractivity contribution in [2.75, 3.05) is 37.6 Å². The van der Waals surface area contributed by atoms with Crippen molar-refractivity contribution in [1.29, 1.82) is 0 Å². The molecule has 0 spiro atoms. The molecule has 0 aromatic carbocycles. The Hall–Kier alpha value is -1.20. The smallest absolute Gasteiger partial charge is 0.147 e. The predicted octanol–water partition coefficient (Wildman–Crippen LogP) is 1.90. The fraction of sp³-hybridized carbons (Fsp3) is 0.750. The van der Waals surface area contributed by atoms with E-state index in [0.29, 0.717) is 0 Å². The molecule has 5 heteroatoms. The van der Waals surface area contributed by atoms with E-state index in [4.69, 9.17) is 0 Å². The average molecular weight is 291 g/mol. The SMILES string of the molecule is CCCNCc1cnc(N2CCN(C(C)(C)C)CC2)cn1. The van der Waals surface area contributed by atoms with Gasteiger partial charge in [-0.2, -0.15) is 0 Å². The summed E-state index contributed by atoms with van der Waals surface area (Å²) in [7, 11) is 0. The number of aromatic nitrogens is 2. The molecule has 0 saturated carbocycles. The van der Waals surface area contributed by atoms with E-state index in [1.54, 1.807) is 0 Å². The third-order valence-electron chi connectivity index (χ3n) is 3.98. The van der Waals surface area contributed by atoms with E-state index in [0.717, 1.165) is 57.2 Å². The van der Waals surface area contributed by atoms with E-state index < -0.39 is 0 Å². The Bertz CT molecular complexity index is 415. The van der Waals surface area contributed by atoms with Gasteiger partial charge in [-0.3, -0.25) is 9.88 Å². The summed E-state index contributed by atoms with van der Waals surface area (Å²) in [6.45, 7) is 15.1. The normalized spacial score (nSPS) is 17.2. The van der Waals surface area contributed by atoms with Gasteiger partial charge in [-0.15, -0.1) is 0 Å². The highest BCUT2D eigenvalue weighted by molar-refractivity contribution is 5.36. The Morgan fingerprint density at radius 2 is 1.81 bits per heavy atom. The highest BCUT2D eigenvalue weighted by atomic mass is 15.3. The Morgan fingerprint density at radius 1 is 1.10 bits per heavy atom. The van der Waals surface area contributed by atoms with E-state index in [1.165, 1.54) is 0 Å². The van der Waals surface area contributed by atoms with Crippen molar-refractivity contribution in [3.63, 3.8) is 0 Å². The van der Waals surface area contributed by atoms with Crippen molar-refractivity contribution in [1.82, 2.24) is 20.2 Å². The number of anilines is 1. The van der Waals surface area contributed by atoms with Gasteiger partial charge in [0.05, 0.1) is 18.1 Å². The fourth-order valence-corrected chi connectivity index (χ4v) is 2.60. The first-order valence-electron chi connectivity index (χ1n) is 8.02. The summed E-state index contributed by atoms with van der Waals surface area (Å²) in [4.78, 5) is 13.9. The lowest BCUT2D eigenvalue weighted by Crippen LogP contribution is -2.53. The summed E-state index contributed by atoms with van der Waals surface area (Å²) in [5, 5.41) is 3.35. The largest absolute Gasteiger partial charge is 0.353 e. The fourth-order valence-electron chi connectivity index (χ4n) is 2.60. The van der Waals surface area contributed by atoms with Crippen LogP contribution in [0.15, 0.2) is 12.4 Å². The van der Waals surface area contributed by atoms with Crippen molar-refractivity contribution < 1.29 is 0 Å². The molecule has 0 bridgehead atoms. The van der Waals surface area contributed by atoms with Crippen LogP contribution >= 0.6 is 0 Å². The summed E-state index contributed by atoms with van der Waals surface area (Å²) in [6, 6.07) is 0. The van der Waals surface area contributed by atoms with Crippen molar-refractivity contribution in [3.05, 3.63) is 18.1 Å². The molecule has 118 valence electrons. The molecule has 0 amide bonds. The molecule has 2 rings (SSSR count). The van der Waals surface area contributed by atoms with Gasteiger partial charge in [0.1, 0.15) is 5.82 Å². The molecule has 1 aromatic heterocycles. The zero-order valence-corrected chi connectivity index (χ0v) is 13.9. The molecule has 5 nitrogen and oxygen atoms in total. The van der Waals surface area contributed by atoms with Crippen LogP contribution in [0.25, 0.3) is 0 Å². The maximum Gasteiger partial charge on any atom is 0.147 e. The molecule has 1 N–H and O–H groups in total. The van der Waals surface area contributed by atoms with Crippen LogP contribution in [0.2, 0.25) is 0 Å². The second kappa shape index (κ2) is 7.18. The molecule has 0 aliphatic carbocycles. The second-order valence-corrected chi connectivity index (χ2v) is 6.69. The molecule has 21 heavy (non-hydrogen) atoms. The minimum absolute atomic E-state index is 0.257. The van der Waals surface area contributed by atoms with Gasteiger partial charge in [-0.05, 0) is 33.7 Å². The summed E-state index contributed by atoms with van der Waals surface area (Å²) in [5.74, 6) is 1.00. The highest BCUT2D eigenvalue weighted by Crippen LogP contribution is 2.18. The van der Waals surface area contributed by atoms with Crippen LogP contribution in [0.3, 0.4) is 0 Å². The molecule has 0 unspecified atom stereocenters. The lowest BCUT2D eigenvalue weighted by Gasteiger charge is -2.42. The van der Waals surface area contributed by atoms with E-state index >= 15 is 0 Å². The molecule has 1 saturated heterocycles. The third-order valence-corrected chi connectivity index (χ3v) is 3.98. The monoisotopic (exact) mass is 291 g/mol. The Morgan fingerprint density at radius 3 is 2.33 bits per heavy atom. The van der Waals surface area contributed by atoms with Gasteiger partial charge >= 0.3 is 0 Å². The third kappa shape index (κ3) is 4.64. The van der Waals surface area contributed by atoms with Gasteiger partial charge < -0.3 is 10.2 Å². The van der Waals surface area contributed by atoms with Gasteiger partial charge in [0, 0.05) is 38.3 Å². The van der Waals surface area contributed by atoms with Crippen LogP contribution in [0.5, 0.6) is 0 Å². The zero-order valence-electron chi connectivity index (χ0n) is 13.9. The molecule has 2 heterocycles. The number of rotatable bonds is 5. The summed E-state index contributed by atoms with van der Waals surface area (Å²) in [6.07, 6.45) is 4.95. The van der Waals surface area contributed by atoms with Crippen molar-refractivity contribution in [3.8, 4) is 0 Å². The Balaban J connectivity index is 1.86. The van der Waals surface area contributed by atoms with Crippen LogP contribution in [0.1, 0.15) is 39.8 Å². The van der Waals surface area contributed by atoms with Crippen LogP contribution in [0.4, 0.5) is 5.82 Å².